The summed E-state index contributed by atoms with van der Waals surface area (Å²) in [5.41, 5.74) is 6.67. The van der Waals surface area contributed by atoms with Crippen molar-refractivity contribution in [3.05, 3.63) is 22.7 Å². The molecule has 17 heavy (non-hydrogen) atoms. The lowest BCUT2D eigenvalue weighted by Crippen LogP contribution is -2.28. The molecule has 2 N–H and O–H groups in total. The molecule has 0 aliphatic heterocycles. The van der Waals surface area contributed by atoms with Crippen molar-refractivity contribution in [2.75, 3.05) is 5.73 Å². The molecule has 0 bridgehead atoms. The Bertz CT molecular complexity index is 384. The third-order valence-corrected chi connectivity index (χ3v) is 3.89. The molecule has 94 valence electrons. The van der Waals surface area contributed by atoms with Crippen molar-refractivity contribution < 1.29 is 4.74 Å². The van der Waals surface area contributed by atoms with Gasteiger partial charge in [0, 0.05) is 4.47 Å². The molecule has 0 heterocycles. The first-order valence-electron chi connectivity index (χ1n) is 6.26. The fourth-order valence-electron chi connectivity index (χ4n) is 2.78. The van der Waals surface area contributed by atoms with Gasteiger partial charge in [-0.05, 0) is 49.3 Å². The van der Waals surface area contributed by atoms with Crippen LogP contribution in [0.3, 0.4) is 0 Å². The van der Waals surface area contributed by atoms with Gasteiger partial charge in [-0.1, -0.05) is 29.8 Å². The summed E-state index contributed by atoms with van der Waals surface area (Å²) < 4.78 is 7.03. The van der Waals surface area contributed by atoms with Crippen molar-refractivity contribution in [3.8, 4) is 5.75 Å². The van der Waals surface area contributed by atoms with Gasteiger partial charge in [-0.3, -0.25) is 0 Å². The van der Waals surface area contributed by atoms with Crippen LogP contribution in [0.5, 0.6) is 5.75 Å². The predicted molar refractivity (Wildman–Crippen MR) is 75.1 cm³/mol. The molecule has 1 aliphatic rings. The number of nitrogens with two attached hydrogens (primary N) is 1. The van der Waals surface area contributed by atoms with Gasteiger partial charge in [0.05, 0.1) is 11.8 Å². The molecule has 1 saturated carbocycles. The van der Waals surface area contributed by atoms with Crippen LogP contribution in [0.2, 0.25) is 0 Å². The molecule has 1 aromatic rings. The maximum atomic E-state index is 6.04. The molecule has 0 aromatic heterocycles. The van der Waals surface area contributed by atoms with Gasteiger partial charge in [0.25, 0.3) is 0 Å². The minimum atomic E-state index is 0.317. The summed E-state index contributed by atoms with van der Waals surface area (Å²) in [6.45, 7) is 4.61. The van der Waals surface area contributed by atoms with Gasteiger partial charge < -0.3 is 10.5 Å². The lowest BCUT2D eigenvalue weighted by molar-refractivity contribution is 0.102. The van der Waals surface area contributed by atoms with Gasteiger partial charge >= 0.3 is 0 Å². The maximum absolute atomic E-state index is 6.04. The van der Waals surface area contributed by atoms with Gasteiger partial charge in [0.2, 0.25) is 0 Å². The fourth-order valence-corrected chi connectivity index (χ4v) is 3.15. The van der Waals surface area contributed by atoms with E-state index in [0.29, 0.717) is 11.8 Å². The summed E-state index contributed by atoms with van der Waals surface area (Å²) in [6, 6.07) is 5.82. The number of benzene rings is 1. The zero-order valence-corrected chi connectivity index (χ0v) is 12.0. The Kier molecular flexibility index (Phi) is 3.97. The standard InChI is InChI=1S/C14H20BrNO/c1-9-5-10(2)7-12(6-9)17-14-4-3-11(15)8-13(14)16/h3-4,8-10,12H,5-7,16H2,1-2H3. The van der Waals surface area contributed by atoms with Crippen LogP contribution in [0.25, 0.3) is 0 Å². The molecule has 2 nitrogen and oxygen atoms in total. The van der Waals surface area contributed by atoms with E-state index in [0.717, 1.165) is 34.9 Å². The molecule has 3 heteroatoms. The SMILES string of the molecule is CC1CC(C)CC(Oc2ccc(Br)cc2N)C1. The summed E-state index contributed by atoms with van der Waals surface area (Å²) >= 11 is 3.41. The smallest absolute Gasteiger partial charge is 0.142 e. The first-order chi connectivity index (χ1) is 8.04. The van der Waals surface area contributed by atoms with E-state index < -0.39 is 0 Å². The number of hydrogen-bond acceptors (Lipinski definition) is 2. The Hall–Kier alpha value is -0.700. The number of rotatable bonds is 2. The Morgan fingerprint density at radius 1 is 1.18 bits per heavy atom. The largest absolute Gasteiger partial charge is 0.488 e. The molecule has 0 radical (unpaired) electrons. The molecular weight excluding hydrogens is 278 g/mol. The summed E-state index contributed by atoms with van der Waals surface area (Å²) in [5.74, 6) is 2.32. The summed E-state index contributed by atoms with van der Waals surface area (Å²) in [7, 11) is 0. The quantitative estimate of drug-likeness (QED) is 0.829. The number of hydrogen-bond donors (Lipinski definition) is 1. The average molecular weight is 298 g/mol. The first kappa shape index (κ1) is 12.7. The van der Waals surface area contributed by atoms with Gasteiger partial charge in [-0.2, -0.15) is 0 Å². The molecule has 2 unspecified atom stereocenters. The number of anilines is 1. The van der Waals surface area contributed by atoms with E-state index >= 15 is 0 Å². The fraction of sp³-hybridized carbons (Fsp3) is 0.571. The highest BCUT2D eigenvalue weighted by Gasteiger charge is 2.25. The molecule has 0 saturated heterocycles. The van der Waals surface area contributed by atoms with E-state index in [1.54, 1.807) is 0 Å². The Balaban J connectivity index is 2.04. The van der Waals surface area contributed by atoms with Crippen LogP contribution < -0.4 is 10.5 Å². The lowest BCUT2D eigenvalue weighted by atomic mass is 9.82. The molecule has 2 atom stereocenters. The summed E-state index contributed by atoms with van der Waals surface area (Å²) in [6.07, 6.45) is 3.91. The molecule has 1 aliphatic carbocycles. The molecule has 1 aromatic carbocycles. The van der Waals surface area contributed by atoms with E-state index in [2.05, 4.69) is 29.8 Å². The molecule has 0 amide bonds. The van der Waals surface area contributed by atoms with E-state index in [-0.39, 0.29) is 0 Å². The van der Waals surface area contributed by atoms with E-state index in [1.807, 2.05) is 18.2 Å². The minimum Gasteiger partial charge on any atom is -0.488 e. The van der Waals surface area contributed by atoms with Crippen LogP contribution >= 0.6 is 15.9 Å². The van der Waals surface area contributed by atoms with Crippen molar-refractivity contribution in [1.29, 1.82) is 0 Å². The van der Waals surface area contributed by atoms with Crippen molar-refractivity contribution in [2.45, 2.75) is 39.2 Å². The van der Waals surface area contributed by atoms with Crippen LogP contribution in [0.4, 0.5) is 5.69 Å². The predicted octanol–water partition coefficient (Wildman–Crippen LogP) is 4.23. The lowest BCUT2D eigenvalue weighted by Gasteiger charge is -2.32. The van der Waals surface area contributed by atoms with Crippen LogP contribution in [-0.2, 0) is 0 Å². The highest BCUT2D eigenvalue weighted by Crippen LogP contribution is 2.33. The van der Waals surface area contributed by atoms with Gasteiger partial charge in [0.1, 0.15) is 5.75 Å². The highest BCUT2D eigenvalue weighted by molar-refractivity contribution is 9.10. The second-order valence-electron chi connectivity index (χ2n) is 5.34. The second kappa shape index (κ2) is 5.30. The van der Waals surface area contributed by atoms with Crippen LogP contribution in [0.1, 0.15) is 33.1 Å². The zero-order chi connectivity index (χ0) is 12.4. The van der Waals surface area contributed by atoms with Crippen LogP contribution in [0.15, 0.2) is 22.7 Å². The summed E-state index contributed by atoms with van der Waals surface area (Å²) in [5, 5.41) is 0. The van der Waals surface area contributed by atoms with E-state index in [4.69, 9.17) is 10.5 Å². The zero-order valence-electron chi connectivity index (χ0n) is 10.4. The monoisotopic (exact) mass is 297 g/mol. The average Bonchev–Trinajstić information content (AvgIpc) is 2.21. The second-order valence-corrected chi connectivity index (χ2v) is 6.26. The van der Waals surface area contributed by atoms with Crippen molar-refractivity contribution in [3.63, 3.8) is 0 Å². The molecule has 2 rings (SSSR count). The summed E-state index contributed by atoms with van der Waals surface area (Å²) in [4.78, 5) is 0. The van der Waals surface area contributed by atoms with Gasteiger partial charge in [-0.15, -0.1) is 0 Å². The Labute approximate surface area is 112 Å². The normalized spacial score (nSPS) is 29.0. The molecule has 1 fully saturated rings. The Morgan fingerprint density at radius 3 is 2.41 bits per heavy atom. The van der Waals surface area contributed by atoms with Crippen molar-refractivity contribution in [2.24, 2.45) is 11.8 Å². The van der Waals surface area contributed by atoms with Gasteiger partial charge in [0.15, 0.2) is 0 Å². The topological polar surface area (TPSA) is 35.2 Å². The van der Waals surface area contributed by atoms with Crippen LogP contribution in [-0.4, -0.2) is 6.10 Å². The number of nitrogen functional groups attached to an aromatic ring is 1. The maximum Gasteiger partial charge on any atom is 0.142 e. The van der Waals surface area contributed by atoms with E-state index in [9.17, 15) is 0 Å². The third-order valence-electron chi connectivity index (χ3n) is 3.40. The number of ether oxygens (including phenoxy) is 1. The van der Waals surface area contributed by atoms with Crippen molar-refractivity contribution >= 4 is 21.6 Å². The Morgan fingerprint density at radius 2 is 1.82 bits per heavy atom. The minimum absolute atomic E-state index is 0.317. The van der Waals surface area contributed by atoms with Crippen LogP contribution in [0, 0.1) is 11.8 Å². The van der Waals surface area contributed by atoms with E-state index in [1.165, 1.54) is 6.42 Å². The van der Waals surface area contributed by atoms with Crippen molar-refractivity contribution in [1.82, 2.24) is 0 Å². The third kappa shape index (κ3) is 3.38. The van der Waals surface area contributed by atoms with Gasteiger partial charge in [-0.25, -0.2) is 0 Å². The molecule has 0 spiro atoms. The molecular formula is C14H20BrNO. The highest BCUT2D eigenvalue weighted by atomic mass is 79.9. The first-order valence-corrected chi connectivity index (χ1v) is 7.05. The number of halogens is 1.